The van der Waals surface area contributed by atoms with Crippen LogP contribution in [0.2, 0.25) is 0 Å². The van der Waals surface area contributed by atoms with Gasteiger partial charge in [0.2, 0.25) is 0 Å². The van der Waals surface area contributed by atoms with Gasteiger partial charge in [0.25, 0.3) is 0 Å². The lowest BCUT2D eigenvalue weighted by atomic mass is 9.72. The van der Waals surface area contributed by atoms with Crippen LogP contribution in [0.5, 0.6) is 0 Å². The Bertz CT molecular complexity index is 500. The number of hydrogen-bond acceptors (Lipinski definition) is 2. The molecule has 0 bridgehead atoms. The van der Waals surface area contributed by atoms with E-state index in [0.29, 0.717) is 0 Å². The average molecular weight is 212 g/mol. The minimum atomic E-state index is -1.29. The number of benzene rings is 1. The van der Waals surface area contributed by atoms with Crippen LogP contribution < -0.4 is 0 Å². The molecule has 0 saturated heterocycles. The van der Waals surface area contributed by atoms with Crippen molar-refractivity contribution in [2.75, 3.05) is 0 Å². The van der Waals surface area contributed by atoms with Crippen LogP contribution in [0.15, 0.2) is 41.4 Å². The molecule has 0 fully saturated rings. The van der Waals surface area contributed by atoms with Gasteiger partial charge in [-0.2, -0.15) is 0 Å². The van der Waals surface area contributed by atoms with Crippen LogP contribution in [-0.4, -0.2) is 17.2 Å². The molecule has 3 rings (SSSR count). The fourth-order valence-electron chi connectivity index (χ4n) is 2.66. The SMILES string of the molecule is OB(O)C1=CC2=C(CC1)c1ccccc1C2. The second-order valence-corrected chi connectivity index (χ2v) is 4.43. The molecule has 0 atom stereocenters. The summed E-state index contributed by atoms with van der Waals surface area (Å²) in [7, 11) is -1.29. The fraction of sp³-hybridized carbons (Fsp3) is 0.231. The normalized spacial score (nSPS) is 18.0. The Labute approximate surface area is 95.1 Å². The zero-order valence-electron chi connectivity index (χ0n) is 8.98. The van der Waals surface area contributed by atoms with Gasteiger partial charge in [-0.05, 0) is 47.0 Å². The summed E-state index contributed by atoms with van der Waals surface area (Å²) in [6.45, 7) is 0. The molecule has 0 saturated carbocycles. The standard InChI is InChI=1S/C13H13BO2/c15-14(16)11-5-6-13-10(8-11)7-9-3-1-2-4-12(9)13/h1-4,8,15-16H,5-7H2. The average Bonchev–Trinajstić information content (AvgIpc) is 2.66. The second kappa shape index (κ2) is 3.61. The summed E-state index contributed by atoms with van der Waals surface area (Å²) in [5.74, 6) is 0. The third kappa shape index (κ3) is 1.44. The van der Waals surface area contributed by atoms with Gasteiger partial charge >= 0.3 is 7.12 Å². The molecule has 0 radical (unpaired) electrons. The van der Waals surface area contributed by atoms with Gasteiger partial charge in [-0.1, -0.05) is 30.3 Å². The molecule has 16 heavy (non-hydrogen) atoms. The fourth-order valence-corrected chi connectivity index (χ4v) is 2.66. The van der Waals surface area contributed by atoms with Gasteiger partial charge in [0.15, 0.2) is 0 Å². The van der Waals surface area contributed by atoms with Gasteiger partial charge in [0.1, 0.15) is 0 Å². The lowest BCUT2D eigenvalue weighted by molar-refractivity contribution is 0.416. The van der Waals surface area contributed by atoms with E-state index >= 15 is 0 Å². The Kier molecular flexibility index (Phi) is 2.23. The van der Waals surface area contributed by atoms with E-state index in [-0.39, 0.29) is 0 Å². The van der Waals surface area contributed by atoms with Crippen LogP contribution in [0.4, 0.5) is 0 Å². The maximum Gasteiger partial charge on any atom is 0.484 e. The van der Waals surface area contributed by atoms with Crippen LogP contribution in [-0.2, 0) is 6.42 Å². The first-order chi connectivity index (χ1) is 7.75. The molecule has 1 aromatic carbocycles. The molecule has 0 unspecified atom stereocenters. The van der Waals surface area contributed by atoms with Crippen LogP contribution in [0.1, 0.15) is 24.0 Å². The second-order valence-electron chi connectivity index (χ2n) is 4.43. The van der Waals surface area contributed by atoms with Crippen molar-refractivity contribution in [1.82, 2.24) is 0 Å². The van der Waals surface area contributed by atoms with Gasteiger partial charge in [-0.3, -0.25) is 0 Å². The summed E-state index contributed by atoms with van der Waals surface area (Å²) >= 11 is 0. The molecule has 80 valence electrons. The van der Waals surface area contributed by atoms with Crippen molar-refractivity contribution in [3.63, 3.8) is 0 Å². The van der Waals surface area contributed by atoms with Crippen LogP contribution in [0.25, 0.3) is 5.57 Å². The monoisotopic (exact) mass is 212 g/mol. The molecule has 3 heteroatoms. The molecule has 2 aliphatic carbocycles. The number of rotatable bonds is 1. The molecule has 2 aliphatic rings. The third-order valence-corrected chi connectivity index (χ3v) is 3.47. The molecule has 1 aromatic rings. The summed E-state index contributed by atoms with van der Waals surface area (Å²) in [6.07, 6.45) is 4.58. The van der Waals surface area contributed by atoms with E-state index in [1.807, 2.05) is 6.08 Å². The smallest absolute Gasteiger partial charge is 0.423 e. The van der Waals surface area contributed by atoms with Crippen LogP contribution in [0, 0.1) is 0 Å². The molecule has 0 aliphatic heterocycles. The Hall–Kier alpha value is -1.32. The van der Waals surface area contributed by atoms with E-state index in [4.69, 9.17) is 0 Å². The van der Waals surface area contributed by atoms with Gasteiger partial charge in [-0.25, -0.2) is 0 Å². The quantitative estimate of drug-likeness (QED) is 0.696. The molecule has 0 amide bonds. The summed E-state index contributed by atoms with van der Waals surface area (Å²) in [4.78, 5) is 0. The minimum Gasteiger partial charge on any atom is -0.423 e. The predicted molar refractivity (Wildman–Crippen MR) is 64.6 cm³/mol. The van der Waals surface area contributed by atoms with E-state index in [1.54, 1.807) is 0 Å². The largest absolute Gasteiger partial charge is 0.484 e. The first kappa shape index (κ1) is 9.88. The highest BCUT2D eigenvalue weighted by Gasteiger charge is 2.26. The van der Waals surface area contributed by atoms with E-state index in [9.17, 15) is 10.0 Å². The molecule has 0 spiro atoms. The summed E-state index contributed by atoms with van der Waals surface area (Å²) in [5, 5.41) is 18.4. The third-order valence-electron chi connectivity index (χ3n) is 3.47. The first-order valence-electron chi connectivity index (χ1n) is 5.62. The van der Waals surface area contributed by atoms with Crippen molar-refractivity contribution in [3.05, 3.63) is 52.5 Å². The van der Waals surface area contributed by atoms with E-state index in [0.717, 1.165) is 24.7 Å². The molecular formula is C13H13BO2. The molecular weight excluding hydrogens is 199 g/mol. The van der Waals surface area contributed by atoms with Crippen LogP contribution in [0.3, 0.4) is 0 Å². The Balaban J connectivity index is 2.03. The lowest BCUT2D eigenvalue weighted by Gasteiger charge is -2.15. The zero-order valence-corrected chi connectivity index (χ0v) is 8.98. The summed E-state index contributed by atoms with van der Waals surface area (Å²) in [5.41, 5.74) is 6.10. The van der Waals surface area contributed by atoms with Gasteiger partial charge < -0.3 is 10.0 Å². The maximum absolute atomic E-state index is 9.18. The van der Waals surface area contributed by atoms with Crippen molar-refractivity contribution in [3.8, 4) is 0 Å². The highest BCUT2D eigenvalue weighted by atomic mass is 16.4. The van der Waals surface area contributed by atoms with Crippen molar-refractivity contribution in [2.24, 2.45) is 0 Å². The number of fused-ring (bicyclic) bond motifs is 2. The summed E-state index contributed by atoms with van der Waals surface area (Å²) < 4.78 is 0. The van der Waals surface area contributed by atoms with Crippen molar-refractivity contribution in [1.29, 1.82) is 0 Å². The number of allylic oxidation sites excluding steroid dienone is 4. The van der Waals surface area contributed by atoms with Crippen LogP contribution >= 0.6 is 0 Å². The topological polar surface area (TPSA) is 40.5 Å². The Morgan fingerprint density at radius 3 is 2.69 bits per heavy atom. The van der Waals surface area contributed by atoms with E-state index in [2.05, 4.69) is 24.3 Å². The van der Waals surface area contributed by atoms with Crippen molar-refractivity contribution < 1.29 is 10.0 Å². The van der Waals surface area contributed by atoms with Crippen molar-refractivity contribution >= 4 is 12.7 Å². The number of hydrogen-bond donors (Lipinski definition) is 2. The molecule has 0 heterocycles. The Morgan fingerprint density at radius 1 is 1.06 bits per heavy atom. The lowest BCUT2D eigenvalue weighted by Crippen LogP contribution is -2.17. The highest BCUT2D eigenvalue weighted by molar-refractivity contribution is 6.50. The summed E-state index contributed by atoms with van der Waals surface area (Å²) in [6, 6.07) is 8.43. The predicted octanol–water partition coefficient (Wildman–Crippen LogP) is 1.73. The van der Waals surface area contributed by atoms with E-state index < -0.39 is 7.12 Å². The molecule has 0 aromatic heterocycles. The Morgan fingerprint density at radius 2 is 1.88 bits per heavy atom. The van der Waals surface area contributed by atoms with Gasteiger partial charge in [0.05, 0.1) is 0 Å². The van der Waals surface area contributed by atoms with Crippen molar-refractivity contribution in [2.45, 2.75) is 19.3 Å². The minimum absolute atomic E-state index is 0.742. The molecule has 2 N–H and O–H groups in total. The maximum atomic E-state index is 9.18. The van der Waals surface area contributed by atoms with Gasteiger partial charge in [0, 0.05) is 0 Å². The van der Waals surface area contributed by atoms with E-state index in [1.165, 1.54) is 22.3 Å². The highest BCUT2D eigenvalue weighted by Crippen LogP contribution is 2.40. The molecule has 2 nitrogen and oxygen atoms in total. The first-order valence-corrected chi connectivity index (χ1v) is 5.62. The van der Waals surface area contributed by atoms with Gasteiger partial charge in [-0.15, -0.1) is 0 Å². The zero-order chi connectivity index (χ0) is 11.1.